The lowest BCUT2D eigenvalue weighted by molar-refractivity contribution is 0.0273. The summed E-state index contributed by atoms with van der Waals surface area (Å²) in [5.41, 5.74) is 1.04. The van der Waals surface area contributed by atoms with Crippen LogP contribution < -0.4 is 19.5 Å². The van der Waals surface area contributed by atoms with Gasteiger partial charge in [0.25, 0.3) is 5.91 Å². The predicted molar refractivity (Wildman–Crippen MR) is 123 cm³/mol. The van der Waals surface area contributed by atoms with Crippen LogP contribution in [0.25, 0.3) is 0 Å². The normalized spacial score (nSPS) is 16.0. The number of carbonyl (C=O) groups excluding carboxylic acids is 1. The van der Waals surface area contributed by atoms with Crippen LogP contribution in [0.1, 0.15) is 54.4 Å². The quantitative estimate of drug-likeness (QED) is 0.512. The van der Waals surface area contributed by atoms with E-state index in [9.17, 15) is 13.2 Å². The van der Waals surface area contributed by atoms with Crippen molar-refractivity contribution in [3.8, 4) is 11.5 Å². The summed E-state index contributed by atoms with van der Waals surface area (Å²) in [6.07, 6.45) is 7.06. The van der Waals surface area contributed by atoms with E-state index in [2.05, 4.69) is 10.0 Å². The molecule has 1 aliphatic carbocycles. The number of rotatable bonds is 10. The van der Waals surface area contributed by atoms with Crippen LogP contribution >= 0.6 is 0 Å². The van der Waals surface area contributed by atoms with Gasteiger partial charge in [0.05, 0.1) is 11.0 Å². The summed E-state index contributed by atoms with van der Waals surface area (Å²) < 4.78 is 44.5. The lowest BCUT2D eigenvalue weighted by Crippen LogP contribution is -2.27. The van der Waals surface area contributed by atoms with Crippen LogP contribution in [0.3, 0.4) is 0 Å². The molecule has 2 aromatic rings. The average molecular weight is 475 g/mol. The molecule has 178 valence electrons. The Balaban J connectivity index is 1.26. The van der Waals surface area contributed by atoms with E-state index >= 15 is 0 Å². The summed E-state index contributed by atoms with van der Waals surface area (Å²) in [5.74, 6) is 0.927. The van der Waals surface area contributed by atoms with Crippen molar-refractivity contribution in [3.63, 3.8) is 0 Å². The molecule has 2 aliphatic rings. The van der Waals surface area contributed by atoms with Gasteiger partial charge in [0, 0.05) is 25.3 Å². The highest BCUT2D eigenvalue weighted by Crippen LogP contribution is 2.32. The minimum Gasteiger partial charge on any atom is -0.454 e. The van der Waals surface area contributed by atoms with Crippen molar-refractivity contribution < 1.29 is 27.4 Å². The molecule has 2 N–H and O–H groups in total. The Bertz CT molecular complexity index is 1070. The summed E-state index contributed by atoms with van der Waals surface area (Å²) in [4.78, 5) is 12.5. The molecule has 0 spiro atoms. The van der Waals surface area contributed by atoms with Crippen LogP contribution in [0.15, 0.2) is 47.4 Å². The molecule has 1 saturated carbocycles. The highest BCUT2D eigenvalue weighted by atomic mass is 32.2. The second-order valence-corrected chi connectivity index (χ2v) is 10.0. The molecular weight excluding hydrogens is 444 g/mol. The molecule has 1 aliphatic heterocycles. The van der Waals surface area contributed by atoms with E-state index in [1.807, 2.05) is 0 Å². The fourth-order valence-corrected chi connectivity index (χ4v) is 5.04. The van der Waals surface area contributed by atoms with Crippen molar-refractivity contribution in [2.45, 2.75) is 56.1 Å². The molecule has 1 amide bonds. The van der Waals surface area contributed by atoms with Crippen molar-refractivity contribution in [1.82, 2.24) is 10.0 Å². The monoisotopic (exact) mass is 474 g/mol. The Hall–Kier alpha value is -2.62. The molecule has 4 rings (SSSR count). The van der Waals surface area contributed by atoms with E-state index in [1.54, 1.807) is 30.3 Å². The zero-order valence-corrected chi connectivity index (χ0v) is 19.4. The number of hydrogen-bond donors (Lipinski definition) is 2. The number of hydrogen-bond acceptors (Lipinski definition) is 6. The molecule has 0 saturated heterocycles. The zero-order chi connectivity index (χ0) is 23.1. The van der Waals surface area contributed by atoms with Gasteiger partial charge < -0.3 is 19.5 Å². The molecule has 2 aromatic carbocycles. The third-order valence-electron chi connectivity index (χ3n) is 5.82. The number of fused-ring (bicyclic) bond motifs is 1. The first kappa shape index (κ1) is 23.5. The molecule has 0 unspecified atom stereocenters. The van der Waals surface area contributed by atoms with E-state index in [4.69, 9.17) is 14.2 Å². The van der Waals surface area contributed by atoms with Crippen molar-refractivity contribution in [1.29, 1.82) is 0 Å². The number of benzene rings is 2. The number of nitrogens with one attached hydrogen (secondary N) is 2. The van der Waals surface area contributed by atoms with E-state index < -0.39 is 10.0 Å². The van der Waals surface area contributed by atoms with Gasteiger partial charge in [-0.05, 0) is 55.2 Å². The third-order valence-corrected chi connectivity index (χ3v) is 7.22. The van der Waals surface area contributed by atoms with E-state index in [1.165, 1.54) is 31.4 Å². The van der Waals surface area contributed by atoms with Gasteiger partial charge in [-0.15, -0.1) is 0 Å². The third kappa shape index (κ3) is 6.46. The van der Waals surface area contributed by atoms with Crippen molar-refractivity contribution in [3.05, 3.63) is 53.6 Å². The second-order valence-electron chi connectivity index (χ2n) is 8.28. The Morgan fingerprint density at radius 2 is 1.85 bits per heavy atom. The van der Waals surface area contributed by atoms with Crippen LogP contribution in [0.5, 0.6) is 11.5 Å². The highest BCUT2D eigenvalue weighted by molar-refractivity contribution is 7.89. The zero-order valence-electron chi connectivity index (χ0n) is 18.5. The molecule has 1 fully saturated rings. The molecule has 1 heterocycles. The maximum atomic E-state index is 12.7. The summed E-state index contributed by atoms with van der Waals surface area (Å²) in [6, 6.07) is 11.3. The van der Waals surface area contributed by atoms with Crippen LogP contribution in [-0.2, 0) is 21.3 Å². The first-order valence-corrected chi connectivity index (χ1v) is 12.9. The standard InChI is InChI=1S/C24H30N2O6S/c27-24(25-12-5-13-30-20-7-2-1-3-8-20)19-6-4-9-21(15-19)33(28,29)26-16-18-10-11-22-23(14-18)32-17-31-22/h4,6,9-11,14-15,20,26H,1-3,5,7-8,12-13,16-17H2,(H,25,27). The van der Waals surface area contributed by atoms with Gasteiger partial charge in [0.15, 0.2) is 11.5 Å². The molecule has 8 nitrogen and oxygen atoms in total. The molecule has 0 bridgehead atoms. The molecule has 0 aromatic heterocycles. The minimum absolute atomic E-state index is 0.0384. The van der Waals surface area contributed by atoms with Crippen LogP contribution in [0.2, 0.25) is 0 Å². The van der Waals surface area contributed by atoms with Crippen LogP contribution in [-0.4, -0.2) is 40.4 Å². The van der Waals surface area contributed by atoms with Crippen molar-refractivity contribution >= 4 is 15.9 Å². The van der Waals surface area contributed by atoms with Crippen LogP contribution in [0, 0.1) is 0 Å². The molecular formula is C24H30N2O6S. The van der Waals surface area contributed by atoms with Crippen LogP contribution in [0.4, 0.5) is 0 Å². The summed E-state index contributed by atoms with van der Waals surface area (Å²) in [7, 11) is -3.79. The first-order valence-electron chi connectivity index (χ1n) is 11.4. The number of amides is 1. The topological polar surface area (TPSA) is 103 Å². The summed E-state index contributed by atoms with van der Waals surface area (Å²) in [6.45, 7) is 1.34. The van der Waals surface area contributed by atoms with Gasteiger partial charge in [-0.2, -0.15) is 0 Å². The Kier molecular flexibility index (Phi) is 7.85. The molecule has 0 radical (unpaired) electrons. The Labute approximate surface area is 194 Å². The molecule has 33 heavy (non-hydrogen) atoms. The van der Waals surface area contributed by atoms with Gasteiger partial charge in [-0.3, -0.25) is 4.79 Å². The predicted octanol–water partition coefficient (Wildman–Crippen LogP) is 3.36. The number of carbonyl (C=O) groups is 1. The van der Waals surface area contributed by atoms with E-state index in [0.717, 1.165) is 24.8 Å². The maximum absolute atomic E-state index is 12.7. The fraction of sp³-hybridized carbons (Fsp3) is 0.458. The van der Waals surface area contributed by atoms with Gasteiger partial charge in [-0.25, -0.2) is 13.1 Å². The maximum Gasteiger partial charge on any atom is 0.251 e. The van der Waals surface area contributed by atoms with Gasteiger partial charge in [-0.1, -0.05) is 31.4 Å². The fourth-order valence-electron chi connectivity index (χ4n) is 3.98. The van der Waals surface area contributed by atoms with Crippen molar-refractivity contribution in [2.24, 2.45) is 0 Å². The van der Waals surface area contributed by atoms with Gasteiger partial charge in [0.2, 0.25) is 16.8 Å². The Morgan fingerprint density at radius 3 is 2.70 bits per heavy atom. The number of ether oxygens (including phenoxy) is 3. The number of sulfonamides is 1. The summed E-state index contributed by atoms with van der Waals surface area (Å²) in [5, 5.41) is 2.84. The first-order chi connectivity index (χ1) is 16.0. The highest BCUT2D eigenvalue weighted by Gasteiger charge is 2.18. The van der Waals surface area contributed by atoms with E-state index in [-0.39, 0.29) is 24.1 Å². The SMILES string of the molecule is O=C(NCCCOC1CCCCC1)c1cccc(S(=O)(=O)NCc2ccc3c(c2)OCO3)c1. The smallest absolute Gasteiger partial charge is 0.251 e. The van der Waals surface area contributed by atoms with Gasteiger partial charge in [0.1, 0.15) is 0 Å². The van der Waals surface area contributed by atoms with Gasteiger partial charge >= 0.3 is 0 Å². The lowest BCUT2D eigenvalue weighted by atomic mass is 9.98. The largest absolute Gasteiger partial charge is 0.454 e. The van der Waals surface area contributed by atoms with Crippen molar-refractivity contribution in [2.75, 3.05) is 19.9 Å². The molecule has 0 atom stereocenters. The lowest BCUT2D eigenvalue weighted by Gasteiger charge is -2.21. The van der Waals surface area contributed by atoms with E-state index in [0.29, 0.717) is 36.3 Å². The average Bonchev–Trinajstić information content (AvgIpc) is 3.31. The second kappa shape index (κ2) is 11.0. The summed E-state index contributed by atoms with van der Waals surface area (Å²) >= 11 is 0. The Morgan fingerprint density at radius 1 is 1.03 bits per heavy atom. The molecule has 9 heteroatoms. The minimum atomic E-state index is -3.79.